The average Bonchev–Trinajstić information content (AvgIpc) is 2.99. The van der Waals surface area contributed by atoms with Crippen LogP contribution in [0.15, 0.2) is 46.9 Å². The molecule has 3 rings (SSSR count). The van der Waals surface area contributed by atoms with Crippen molar-refractivity contribution in [2.45, 2.75) is 6.42 Å². The van der Waals surface area contributed by atoms with Gasteiger partial charge in [0.1, 0.15) is 16.8 Å². The molecule has 3 N–H and O–H groups in total. The molecular weight excluding hydrogens is 326 g/mol. The number of fused-ring (bicyclic) bond motifs is 1. The molecule has 0 unspecified atom stereocenters. The van der Waals surface area contributed by atoms with Gasteiger partial charge in [-0.3, -0.25) is 4.79 Å². The van der Waals surface area contributed by atoms with Crippen LogP contribution in [-0.2, 0) is 4.79 Å². The molecule has 0 fully saturated rings. The fourth-order valence-corrected chi connectivity index (χ4v) is 2.38. The van der Waals surface area contributed by atoms with Crippen LogP contribution in [-0.4, -0.2) is 32.2 Å². The predicted octanol–water partition coefficient (Wildman–Crippen LogP) is 3.25. The van der Waals surface area contributed by atoms with Gasteiger partial charge in [-0.05, 0) is 35.9 Å². The van der Waals surface area contributed by atoms with Crippen molar-refractivity contribution in [1.29, 1.82) is 0 Å². The third-order valence-corrected chi connectivity index (χ3v) is 3.50. The highest BCUT2D eigenvalue weighted by atomic mass is 16.4. The van der Waals surface area contributed by atoms with Gasteiger partial charge >= 0.3 is 11.9 Å². The van der Waals surface area contributed by atoms with Gasteiger partial charge in [-0.1, -0.05) is 18.2 Å². The zero-order valence-corrected chi connectivity index (χ0v) is 12.8. The molecule has 0 saturated carbocycles. The lowest BCUT2D eigenvalue weighted by molar-refractivity contribution is -0.135. The molecule has 3 aromatic rings. The van der Waals surface area contributed by atoms with E-state index in [0.29, 0.717) is 16.7 Å². The molecule has 0 saturated heterocycles. The minimum Gasteiger partial charge on any atom is -0.507 e. The van der Waals surface area contributed by atoms with E-state index >= 15 is 0 Å². The lowest BCUT2D eigenvalue weighted by Crippen LogP contribution is -1.99. The monoisotopic (exact) mass is 339 g/mol. The van der Waals surface area contributed by atoms with Crippen LogP contribution in [0.5, 0.6) is 5.75 Å². The van der Waals surface area contributed by atoms with E-state index in [0.717, 1.165) is 0 Å². The SMILES string of the molecule is O=C(O)CC(=Cc1ccc(O)c(C(=O)O)c1)c1nc2ccccc2o1. The summed E-state index contributed by atoms with van der Waals surface area (Å²) in [6, 6.07) is 11.0. The Morgan fingerprint density at radius 3 is 2.56 bits per heavy atom. The second-order valence-corrected chi connectivity index (χ2v) is 5.31. The highest BCUT2D eigenvalue weighted by Crippen LogP contribution is 2.27. The number of benzene rings is 2. The number of aromatic nitrogens is 1. The number of aromatic carboxylic acids is 1. The van der Waals surface area contributed by atoms with Crippen molar-refractivity contribution in [2.24, 2.45) is 0 Å². The van der Waals surface area contributed by atoms with Gasteiger partial charge in [0.15, 0.2) is 5.58 Å². The Balaban J connectivity index is 2.09. The lowest BCUT2D eigenvalue weighted by atomic mass is 10.0. The van der Waals surface area contributed by atoms with Crippen LogP contribution in [0.1, 0.15) is 28.2 Å². The first-order valence-electron chi connectivity index (χ1n) is 7.28. The standard InChI is InChI=1S/C18H13NO6/c20-14-6-5-10(8-12(14)18(23)24)7-11(9-16(21)22)17-19-13-3-1-2-4-15(13)25-17/h1-8,20H,9H2,(H,21,22)(H,23,24). The number of oxazole rings is 1. The van der Waals surface area contributed by atoms with Crippen LogP contribution >= 0.6 is 0 Å². The first-order valence-corrected chi connectivity index (χ1v) is 7.28. The topological polar surface area (TPSA) is 121 Å². The number of carboxylic acids is 2. The molecule has 0 aliphatic rings. The minimum absolute atomic E-state index is 0.147. The summed E-state index contributed by atoms with van der Waals surface area (Å²) in [6.07, 6.45) is 1.13. The van der Waals surface area contributed by atoms with Gasteiger partial charge in [0, 0.05) is 5.57 Å². The zero-order chi connectivity index (χ0) is 18.0. The number of aliphatic carboxylic acids is 1. The Bertz CT molecular complexity index is 969. The highest BCUT2D eigenvalue weighted by Gasteiger charge is 2.15. The van der Waals surface area contributed by atoms with E-state index in [1.807, 2.05) is 0 Å². The molecule has 0 aliphatic carbocycles. The van der Waals surface area contributed by atoms with Crippen molar-refractivity contribution in [3.8, 4) is 5.75 Å². The number of carbonyl (C=O) groups is 2. The zero-order valence-electron chi connectivity index (χ0n) is 12.8. The Labute approximate surface area is 141 Å². The Kier molecular flexibility index (Phi) is 4.21. The first kappa shape index (κ1) is 16.3. The second kappa shape index (κ2) is 6.48. The molecule has 2 aromatic carbocycles. The van der Waals surface area contributed by atoms with Gasteiger partial charge < -0.3 is 19.7 Å². The maximum Gasteiger partial charge on any atom is 0.339 e. The lowest BCUT2D eigenvalue weighted by Gasteiger charge is -2.04. The summed E-state index contributed by atoms with van der Waals surface area (Å²) in [4.78, 5) is 26.6. The fourth-order valence-electron chi connectivity index (χ4n) is 2.38. The molecular formula is C18H13NO6. The molecule has 1 aromatic heterocycles. The number of hydrogen-bond acceptors (Lipinski definition) is 5. The molecule has 7 heteroatoms. The third kappa shape index (κ3) is 3.50. The van der Waals surface area contributed by atoms with E-state index < -0.39 is 11.9 Å². The molecule has 0 aliphatic heterocycles. The van der Waals surface area contributed by atoms with Gasteiger partial charge in [-0.25, -0.2) is 9.78 Å². The molecule has 1 heterocycles. The van der Waals surface area contributed by atoms with Crippen molar-refractivity contribution < 1.29 is 29.3 Å². The van der Waals surface area contributed by atoms with Crippen LogP contribution in [0.4, 0.5) is 0 Å². The normalized spacial score (nSPS) is 11.6. The van der Waals surface area contributed by atoms with Gasteiger partial charge in [0.2, 0.25) is 5.89 Å². The summed E-state index contributed by atoms with van der Waals surface area (Å²) >= 11 is 0. The Hall–Kier alpha value is -3.61. The van der Waals surface area contributed by atoms with Crippen molar-refractivity contribution >= 4 is 34.7 Å². The molecule has 0 radical (unpaired) electrons. The number of nitrogens with zero attached hydrogens (tertiary/aromatic N) is 1. The van der Waals surface area contributed by atoms with Gasteiger partial charge in [-0.2, -0.15) is 0 Å². The van der Waals surface area contributed by atoms with Gasteiger partial charge in [0.25, 0.3) is 0 Å². The first-order chi connectivity index (χ1) is 11.9. The van der Waals surface area contributed by atoms with E-state index in [4.69, 9.17) is 14.6 Å². The number of phenols is 1. The van der Waals surface area contributed by atoms with Gasteiger partial charge in [0.05, 0.1) is 6.42 Å². The number of hydrogen-bond donors (Lipinski definition) is 3. The Morgan fingerprint density at radius 1 is 1.12 bits per heavy atom. The molecule has 25 heavy (non-hydrogen) atoms. The molecule has 126 valence electrons. The van der Waals surface area contributed by atoms with Crippen LogP contribution < -0.4 is 0 Å². The van der Waals surface area contributed by atoms with E-state index in [1.54, 1.807) is 24.3 Å². The summed E-state index contributed by atoms with van der Waals surface area (Å²) in [5.41, 5.74) is 1.52. The quantitative estimate of drug-likeness (QED) is 0.652. The number of rotatable bonds is 5. The molecule has 7 nitrogen and oxygen atoms in total. The van der Waals surface area contributed by atoms with Crippen molar-refractivity contribution in [2.75, 3.05) is 0 Å². The Morgan fingerprint density at radius 2 is 1.88 bits per heavy atom. The average molecular weight is 339 g/mol. The summed E-state index contributed by atoms with van der Waals surface area (Å²) in [7, 11) is 0. The van der Waals surface area contributed by atoms with E-state index in [2.05, 4.69) is 4.98 Å². The number of carboxylic acid groups (broad SMARTS) is 2. The number of para-hydroxylation sites is 2. The number of aromatic hydroxyl groups is 1. The van der Waals surface area contributed by atoms with E-state index in [1.165, 1.54) is 24.3 Å². The third-order valence-electron chi connectivity index (χ3n) is 3.50. The summed E-state index contributed by atoms with van der Waals surface area (Å²) in [5.74, 6) is -2.58. The van der Waals surface area contributed by atoms with Gasteiger partial charge in [-0.15, -0.1) is 0 Å². The van der Waals surface area contributed by atoms with Crippen molar-refractivity contribution in [1.82, 2.24) is 4.98 Å². The van der Waals surface area contributed by atoms with E-state index in [-0.39, 0.29) is 29.2 Å². The minimum atomic E-state index is -1.28. The van der Waals surface area contributed by atoms with Crippen LogP contribution in [0, 0.1) is 0 Å². The van der Waals surface area contributed by atoms with Crippen LogP contribution in [0.3, 0.4) is 0 Å². The maximum atomic E-state index is 11.2. The summed E-state index contributed by atoms with van der Waals surface area (Å²) in [5, 5.41) is 27.8. The van der Waals surface area contributed by atoms with Crippen molar-refractivity contribution in [3.05, 3.63) is 59.5 Å². The second-order valence-electron chi connectivity index (χ2n) is 5.31. The highest BCUT2D eigenvalue weighted by molar-refractivity contribution is 5.94. The van der Waals surface area contributed by atoms with Crippen molar-refractivity contribution in [3.63, 3.8) is 0 Å². The summed E-state index contributed by atoms with van der Waals surface area (Å²) in [6.45, 7) is 0. The maximum absolute atomic E-state index is 11.2. The predicted molar refractivity (Wildman–Crippen MR) is 89.2 cm³/mol. The molecule has 0 spiro atoms. The molecule has 0 atom stereocenters. The van der Waals surface area contributed by atoms with Crippen LogP contribution in [0.25, 0.3) is 22.7 Å². The molecule has 0 bridgehead atoms. The molecule has 0 amide bonds. The fraction of sp³-hybridized carbons (Fsp3) is 0.0556. The van der Waals surface area contributed by atoms with E-state index in [9.17, 15) is 14.7 Å². The smallest absolute Gasteiger partial charge is 0.339 e. The van der Waals surface area contributed by atoms with Crippen LogP contribution in [0.2, 0.25) is 0 Å². The summed E-state index contributed by atoms with van der Waals surface area (Å²) < 4.78 is 5.60. The largest absolute Gasteiger partial charge is 0.507 e.